The Bertz CT molecular complexity index is 322. The van der Waals surface area contributed by atoms with E-state index in [0.717, 1.165) is 18.7 Å². The van der Waals surface area contributed by atoms with Crippen molar-refractivity contribution in [3.05, 3.63) is 18.0 Å². The summed E-state index contributed by atoms with van der Waals surface area (Å²) in [5, 5.41) is 13.1. The van der Waals surface area contributed by atoms with Crippen LogP contribution in [0.1, 0.15) is 31.5 Å². The second-order valence-electron chi connectivity index (χ2n) is 3.95. The van der Waals surface area contributed by atoms with Gasteiger partial charge in [0.05, 0.1) is 5.69 Å². The summed E-state index contributed by atoms with van der Waals surface area (Å²) in [6.07, 6.45) is 3.33. The van der Waals surface area contributed by atoms with Crippen molar-refractivity contribution >= 4 is 5.91 Å². The first-order valence-electron chi connectivity index (χ1n) is 5.27. The third kappa shape index (κ3) is 2.56. The predicted octanol–water partition coefficient (Wildman–Crippen LogP) is 0.339. The fourth-order valence-electron chi connectivity index (χ4n) is 1.77. The Morgan fingerprint density at radius 1 is 1.73 bits per heavy atom. The maximum atomic E-state index is 11.0. The number of nitrogens with one attached hydrogen (secondary N) is 3. The topological polar surface area (TPSA) is 69.8 Å². The molecule has 1 aliphatic rings. The van der Waals surface area contributed by atoms with Gasteiger partial charge in [-0.3, -0.25) is 9.89 Å². The molecule has 15 heavy (non-hydrogen) atoms. The van der Waals surface area contributed by atoms with Crippen LogP contribution in [-0.4, -0.2) is 28.7 Å². The predicted molar refractivity (Wildman–Crippen MR) is 56.2 cm³/mol. The van der Waals surface area contributed by atoms with E-state index in [9.17, 15) is 4.79 Å². The van der Waals surface area contributed by atoms with E-state index in [1.807, 2.05) is 6.07 Å². The Labute approximate surface area is 88.6 Å². The largest absolute Gasteiger partial charge is 0.352 e. The Kier molecular flexibility index (Phi) is 3.01. The number of H-pyrrole nitrogens is 1. The van der Waals surface area contributed by atoms with E-state index in [4.69, 9.17) is 0 Å². The van der Waals surface area contributed by atoms with Crippen LogP contribution in [-0.2, 0) is 4.79 Å². The molecule has 2 heterocycles. The summed E-state index contributed by atoms with van der Waals surface area (Å²) in [7, 11) is 0. The van der Waals surface area contributed by atoms with Gasteiger partial charge in [-0.05, 0) is 19.4 Å². The summed E-state index contributed by atoms with van der Waals surface area (Å²) >= 11 is 0. The van der Waals surface area contributed by atoms with E-state index in [0.29, 0.717) is 6.42 Å². The van der Waals surface area contributed by atoms with Crippen LogP contribution in [0.4, 0.5) is 0 Å². The molecule has 5 heteroatoms. The molecule has 3 N–H and O–H groups in total. The number of nitrogens with zero attached hydrogens (tertiary/aromatic N) is 1. The zero-order chi connectivity index (χ0) is 10.7. The summed E-state index contributed by atoms with van der Waals surface area (Å²) in [4.78, 5) is 11.0. The summed E-state index contributed by atoms with van der Waals surface area (Å²) in [6.45, 7) is 2.89. The number of hydrogen-bond donors (Lipinski definition) is 3. The zero-order valence-electron chi connectivity index (χ0n) is 8.79. The number of amides is 1. The van der Waals surface area contributed by atoms with Crippen molar-refractivity contribution in [3.63, 3.8) is 0 Å². The fourth-order valence-corrected chi connectivity index (χ4v) is 1.77. The van der Waals surface area contributed by atoms with Crippen LogP contribution in [0.5, 0.6) is 0 Å². The highest BCUT2D eigenvalue weighted by Crippen LogP contribution is 2.10. The van der Waals surface area contributed by atoms with Crippen molar-refractivity contribution < 1.29 is 4.79 Å². The van der Waals surface area contributed by atoms with Crippen molar-refractivity contribution in [2.24, 2.45) is 0 Å². The second-order valence-corrected chi connectivity index (χ2v) is 3.95. The maximum absolute atomic E-state index is 11.0. The molecular formula is C10H16N4O. The summed E-state index contributed by atoms with van der Waals surface area (Å²) < 4.78 is 0. The van der Waals surface area contributed by atoms with E-state index in [1.165, 1.54) is 0 Å². The van der Waals surface area contributed by atoms with Crippen molar-refractivity contribution in [2.75, 3.05) is 6.54 Å². The lowest BCUT2D eigenvalue weighted by atomic mass is 10.2. The number of hydrogen-bond acceptors (Lipinski definition) is 3. The molecule has 1 aromatic rings. The Morgan fingerprint density at radius 2 is 2.60 bits per heavy atom. The molecule has 2 atom stereocenters. The Hall–Kier alpha value is -1.36. The highest BCUT2D eigenvalue weighted by Gasteiger charge is 2.20. The summed E-state index contributed by atoms with van der Waals surface area (Å²) in [5.74, 6) is 0.163. The summed E-state index contributed by atoms with van der Waals surface area (Å²) in [6, 6.07) is 2.47. The molecule has 1 saturated heterocycles. The van der Waals surface area contributed by atoms with Gasteiger partial charge in [-0.15, -0.1) is 0 Å². The van der Waals surface area contributed by atoms with Crippen LogP contribution in [0.2, 0.25) is 0 Å². The van der Waals surface area contributed by atoms with Crippen molar-refractivity contribution in [1.29, 1.82) is 0 Å². The number of rotatable bonds is 4. The minimum absolute atomic E-state index is 0.163. The second kappa shape index (κ2) is 4.44. The van der Waals surface area contributed by atoms with Gasteiger partial charge >= 0.3 is 0 Å². The average molecular weight is 208 g/mol. The molecule has 2 unspecified atom stereocenters. The normalized spacial score (nSPS) is 22.7. The highest BCUT2D eigenvalue weighted by atomic mass is 16.1. The number of carbonyl (C=O) groups is 1. The minimum Gasteiger partial charge on any atom is -0.352 e. The lowest BCUT2D eigenvalue weighted by molar-refractivity contribution is -0.119. The molecular weight excluding hydrogens is 192 g/mol. The van der Waals surface area contributed by atoms with Gasteiger partial charge in [-0.25, -0.2) is 0 Å². The van der Waals surface area contributed by atoms with Gasteiger partial charge in [0.15, 0.2) is 0 Å². The van der Waals surface area contributed by atoms with Crippen molar-refractivity contribution in [1.82, 2.24) is 20.8 Å². The quantitative estimate of drug-likeness (QED) is 0.668. The highest BCUT2D eigenvalue weighted by molar-refractivity contribution is 5.78. The van der Waals surface area contributed by atoms with Gasteiger partial charge < -0.3 is 10.6 Å². The van der Waals surface area contributed by atoms with E-state index in [-0.39, 0.29) is 18.0 Å². The van der Waals surface area contributed by atoms with Crippen LogP contribution < -0.4 is 10.6 Å². The summed E-state index contributed by atoms with van der Waals surface area (Å²) in [5.41, 5.74) is 1.07. The molecule has 0 bridgehead atoms. The number of aromatic nitrogens is 2. The standard InChI is InChI=1S/C10H16N4O/c1-7(9-4-5-12-14-9)11-6-8-2-3-10(15)13-8/h4-5,7-8,11H,2-3,6H2,1H3,(H,12,14)(H,13,15). The lowest BCUT2D eigenvalue weighted by Gasteiger charge is -2.15. The molecule has 0 spiro atoms. The molecule has 0 aromatic carbocycles. The first-order chi connectivity index (χ1) is 7.25. The molecule has 5 nitrogen and oxygen atoms in total. The van der Waals surface area contributed by atoms with Crippen molar-refractivity contribution in [2.45, 2.75) is 31.8 Å². The fraction of sp³-hybridized carbons (Fsp3) is 0.600. The Morgan fingerprint density at radius 3 is 3.20 bits per heavy atom. The average Bonchev–Trinajstić information content (AvgIpc) is 2.84. The van der Waals surface area contributed by atoms with Crippen LogP contribution in [0.15, 0.2) is 12.3 Å². The first kappa shape index (κ1) is 10.2. The van der Waals surface area contributed by atoms with Crippen molar-refractivity contribution in [3.8, 4) is 0 Å². The maximum Gasteiger partial charge on any atom is 0.220 e. The molecule has 82 valence electrons. The first-order valence-corrected chi connectivity index (χ1v) is 5.27. The molecule has 1 aromatic heterocycles. The minimum atomic E-state index is 0.163. The lowest BCUT2D eigenvalue weighted by Crippen LogP contribution is -2.36. The van der Waals surface area contributed by atoms with Gasteiger partial charge in [0.25, 0.3) is 0 Å². The van der Waals surface area contributed by atoms with E-state index < -0.39 is 0 Å². The molecule has 0 saturated carbocycles. The molecule has 1 fully saturated rings. The van der Waals surface area contributed by atoms with Gasteiger partial charge in [-0.1, -0.05) is 0 Å². The van der Waals surface area contributed by atoms with Gasteiger partial charge in [0, 0.05) is 31.2 Å². The SMILES string of the molecule is CC(NCC1CCC(=O)N1)c1ccn[nH]1. The van der Waals surface area contributed by atoms with Gasteiger partial charge in [-0.2, -0.15) is 5.10 Å². The molecule has 1 amide bonds. The van der Waals surface area contributed by atoms with Crippen LogP contribution in [0.3, 0.4) is 0 Å². The van der Waals surface area contributed by atoms with Crippen LogP contribution >= 0.6 is 0 Å². The molecule has 0 aliphatic carbocycles. The monoisotopic (exact) mass is 208 g/mol. The van der Waals surface area contributed by atoms with E-state index in [1.54, 1.807) is 6.20 Å². The zero-order valence-corrected chi connectivity index (χ0v) is 8.79. The van der Waals surface area contributed by atoms with Gasteiger partial charge in [0.1, 0.15) is 0 Å². The molecule has 1 aliphatic heterocycles. The molecule has 0 radical (unpaired) electrons. The Balaban J connectivity index is 1.76. The molecule has 2 rings (SSSR count). The van der Waals surface area contributed by atoms with Crippen LogP contribution in [0, 0.1) is 0 Å². The third-order valence-electron chi connectivity index (χ3n) is 2.74. The number of carbonyl (C=O) groups excluding carboxylic acids is 1. The van der Waals surface area contributed by atoms with E-state index in [2.05, 4.69) is 27.8 Å². The van der Waals surface area contributed by atoms with Crippen LogP contribution in [0.25, 0.3) is 0 Å². The third-order valence-corrected chi connectivity index (χ3v) is 2.74. The van der Waals surface area contributed by atoms with E-state index >= 15 is 0 Å². The smallest absolute Gasteiger partial charge is 0.220 e. The number of aromatic amines is 1. The van der Waals surface area contributed by atoms with Gasteiger partial charge in [0.2, 0.25) is 5.91 Å².